The molecule has 1 aliphatic carbocycles. The van der Waals surface area contributed by atoms with Gasteiger partial charge in [0.1, 0.15) is 0 Å². The largest absolute Gasteiger partial charge is 0.356 e. The third-order valence-corrected chi connectivity index (χ3v) is 4.89. The maximum atomic E-state index is 12.3. The van der Waals surface area contributed by atoms with E-state index in [9.17, 15) is 4.79 Å². The Labute approximate surface area is 124 Å². The zero-order valence-electron chi connectivity index (χ0n) is 13.9. The Balaban J connectivity index is 2.29. The van der Waals surface area contributed by atoms with Gasteiger partial charge in [0.15, 0.2) is 0 Å². The first-order chi connectivity index (χ1) is 9.32. The van der Waals surface area contributed by atoms with Crippen molar-refractivity contribution in [3.05, 3.63) is 0 Å². The van der Waals surface area contributed by atoms with Crippen LogP contribution in [0.4, 0.5) is 0 Å². The van der Waals surface area contributed by atoms with E-state index in [0.29, 0.717) is 17.9 Å². The number of hydrogen-bond acceptors (Lipinski definition) is 3. The first-order valence-corrected chi connectivity index (χ1v) is 8.06. The minimum atomic E-state index is 0.101. The van der Waals surface area contributed by atoms with Crippen LogP contribution in [0, 0.1) is 17.8 Å². The molecule has 4 heteroatoms. The highest BCUT2D eigenvalue weighted by molar-refractivity contribution is 5.79. The molecule has 4 nitrogen and oxygen atoms in total. The molecule has 0 saturated heterocycles. The summed E-state index contributed by atoms with van der Waals surface area (Å²) in [6, 6.07) is 0.734. The monoisotopic (exact) mass is 283 g/mol. The maximum absolute atomic E-state index is 12.3. The molecule has 0 aliphatic heterocycles. The van der Waals surface area contributed by atoms with Crippen molar-refractivity contribution in [2.45, 2.75) is 59.0 Å². The Morgan fingerprint density at radius 1 is 1.30 bits per heavy atom. The van der Waals surface area contributed by atoms with E-state index in [-0.39, 0.29) is 17.9 Å². The molecular formula is C16H33N3O. The summed E-state index contributed by atoms with van der Waals surface area (Å²) in [5.74, 6) is 1.29. The van der Waals surface area contributed by atoms with Crippen molar-refractivity contribution in [1.82, 2.24) is 10.2 Å². The molecule has 4 atom stereocenters. The second-order valence-electron chi connectivity index (χ2n) is 6.92. The normalized spacial score (nSPS) is 30.8. The Hall–Kier alpha value is -0.610. The SMILES string of the molecule is CC1CC(C)C(C(=O)NCCCN(C)C(C)C)CC1N. The molecule has 1 aliphatic rings. The third kappa shape index (κ3) is 5.06. The Kier molecular flexibility index (Phi) is 6.96. The van der Waals surface area contributed by atoms with Crippen molar-refractivity contribution in [3.63, 3.8) is 0 Å². The fraction of sp³-hybridized carbons (Fsp3) is 0.938. The van der Waals surface area contributed by atoms with E-state index in [4.69, 9.17) is 5.73 Å². The lowest BCUT2D eigenvalue weighted by Gasteiger charge is -2.36. The molecule has 0 spiro atoms. The zero-order chi connectivity index (χ0) is 15.3. The van der Waals surface area contributed by atoms with Crippen LogP contribution in [0.2, 0.25) is 0 Å². The number of amides is 1. The molecule has 1 amide bonds. The van der Waals surface area contributed by atoms with Crippen molar-refractivity contribution < 1.29 is 4.79 Å². The van der Waals surface area contributed by atoms with E-state index < -0.39 is 0 Å². The molecule has 1 saturated carbocycles. The van der Waals surface area contributed by atoms with Gasteiger partial charge in [-0.3, -0.25) is 4.79 Å². The Morgan fingerprint density at radius 3 is 2.55 bits per heavy atom. The quantitative estimate of drug-likeness (QED) is 0.731. The number of carbonyl (C=O) groups excluding carboxylic acids is 1. The van der Waals surface area contributed by atoms with Gasteiger partial charge in [0.2, 0.25) is 5.91 Å². The van der Waals surface area contributed by atoms with Gasteiger partial charge in [0.05, 0.1) is 0 Å². The molecular weight excluding hydrogens is 250 g/mol. The van der Waals surface area contributed by atoms with Crippen LogP contribution in [0.1, 0.15) is 47.0 Å². The van der Waals surface area contributed by atoms with Gasteiger partial charge < -0.3 is 16.0 Å². The van der Waals surface area contributed by atoms with Gasteiger partial charge in [-0.25, -0.2) is 0 Å². The summed E-state index contributed by atoms with van der Waals surface area (Å²) < 4.78 is 0. The average Bonchev–Trinajstić information content (AvgIpc) is 2.38. The number of hydrogen-bond donors (Lipinski definition) is 2. The van der Waals surface area contributed by atoms with Crippen molar-refractivity contribution in [1.29, 1.82) is 0 Å². The van der Waals surface area contributed by atoms with Crippen molar-refractivity contribution in [2.24, 2.45) is 23.5 Å². The molecule has 0 aromatic carbocycles. The lowest BCUT2D eigenvalue weighted by Crippen LogP contribution is -2.45. The van der Waals surface area contributed by atoms with Gasteiger partial charge in [-0.2, -0.15) is 0 Å². The molecule has 1 rings (SSSR count). The summed E-state index contributed by atoms with van der Waals surface area (Å²) in [4.78, 5) is 14.6. The van der Waals surface area contributed by atoms with Crippen LogP contribution in [0.5, 0.6) is 0 Å². The van der Waals surface area contributed by atoms with Crippen molar-refractivity contribution in [3.8, 4) is 0 Å². The topological polar surface area (TPSA) is 58.4 Å². The molecule has 0 aromatic heterocycles. The van der Waals surface area contributed by atoms with E-state index in [0.717, 1.165) is 32.4 Å². The van der Waals surface area contributed by atoms with Crippen LogP contribution < -0.4 is 11.1 Å². The average molecular weight is 283 g/mol. The van der Waals surface area contributed by atoms with Crippen LogP contribution in [0.15, 0.2) is 0 Å². The van der Waals surface area contributed by atoms with Crippen LogP contribution in [-0.4, -0.2) is 43.0 Å². The van der Waals surface area contributed by atoms with Gasteiger partial charge in [0.25, 0.3) is 0 Å². The van der Waals surface area contributed by atoms with Crippen LogP contribution in [-0.2, 0) is 4.79 Å². The maximum Gasteiger partial charge on any atom is 0.223 e. The molecule has 0 bridgehead atoms. The van der Waals surface area contributed by atoms with Crippen LogP contribution in [0.3, 0.4) is 0 Å². The van der Waals surface area contributed by atoms with E-state index >= 15 is 0 Å². The van der Waals surface area contributed by atoms with E-state index in [1.54, 1.807) is 0 Å². The van der Waals surface area contributed by atoms with Crippen molar-refractivity contribution >= 4 is 5.91 Å². The molecule has 0 heterocycles. The molecule has 0 aromatic rings. The van der Waals surface area contributed by atoms with E-state index in [1.807, 2.05) is 0 Å². The van der Waals surface area contributed by atoms with E-state index in [1.165, 1.54) is 0 Å². The number of nitrogens with one attached hydrogen (secondary N) is 1. The summed E-state index contributed by atoms with van der Waals surface area (Å²) in [5.41, 5.74) is 6.11. The lowest BCUT2D eigenvalue weighted by molar-refractivity contribution is -0.128. The second kappa shape index (κ2) is 7.99. The van der Waals surface area contributed by atoms with Gasteiger partial charge >= 0.3 is 0 Å². The predicted octanol–water partition coefficient (Wildman–Crippen LogP) is 1.84. The summed E-state index contributed by atoms with van der Waals surface area (Å²) in [6.07, 6.45) is 2.90. The van der Waals surface area contributed by atoms with Gasteiger partial charge in [-0.1, -0.05) is 13.8 Å². The first-order valence-electron chi connectivity index (χ1n) is 8.06. The first kappa shape index (κ1) is 17.4. The van der Waals surface area contributed by atoms with Gasteiger partial charge in [-0.15, -0.1) is 0 Å². The third-order valence-electron chi connectivity index (χ3n) is 4.89. The molecule has 20 heavy (non-hydrogen) atoms. The standard InChI is InChI=1S/C16H33N3O/c1-11(2)19(5)8-6-7-18-16(20)14-10-15(17)13(4)9-12(14)3/h11-15H,6-10,17H2,1-5H3,(H,18,20). The highest BCUT2D eigenvalue weighted by Crippen LogP contribution is 2.32. The molecule has 1 fully saturated rings. The van der Waals surface area contributed by atoms with E-state index in [2.05, 4.69) is 45.0 Å². The van der Waals surface area contributed by atoms with Crippen molar-refractivity contribution in [2.75, 3.05) is 20.1 Å². The minimum Gasteiger partial charge on any atom is -0.356 e. The smallest absolute Gasteiger partial charge is 0.223 e. The lowest BCUT2D eigenvalue weighted by atomic mass is 9.72. The number of rotatable bonds is 6. The molecule has 0 radical (unpaired) electrons. The zero-order valence-corrected chi connectivity index (χ0v) is 13.9. The van der Waals surface area contributed by atoms with Crippen LogP contribution in [0.25, 0.3) is 0 Å². The fourth-order valence-electron chi connectivity index (χ4n) is 2.98. The summed E-state index contributed by atoms with van der Waals surface area (Å²) >= 11 is 0. The number of nitrogens with two attached hydrogens (primary N) is 1. The molecule has 3 N–H and O–H groups in total. The van der Waals surface area contributed by atoms with Gasteiger partial charge in [-0.05, 0) is 58.5 Å². The summed E-state index contributed by atoms with van der Waals surface area (Å²) in [7, 11) is 2.12. The summed E-state index contributed by atoms with van der Waals surface area (Å²) in [6.45, 7) is 10.5. The summed E-state index contributed by atoms with van der Waals surface area (Å²) in [5, 5.41) is 3.09. The molecule has 4 unspecified atom stereocenters. The fourth-order valence-corrected chi connectivity index (χ4v) is 2.98. The number of carbonyl (C=O) groups is 1. The minimum absolute atomic E-state index is 0.101. The van der Waals surface area contributed by atoms with Gasteiger partial charge in [0, 0.05) is 24.5 Å². The predicted molar refractivity (Wildman–Crippen MR) is 84.4 cm³/mol. The highest BCUT2D eigenvalue weighted by Gasteiger charge is 2.34. The Morgan fingerprint density at radius 2 is 1.95 bits per heavy atom. The second-order valence-corrected chi connectivity index (χ2v) is 6.92. The van der Waals surface area contributed by atoms with Crippen LogP contribution >= 0.6 is 0 Å². The molecule has 118 valence electrons. The Bertz CT molecular complexity index is 306. The highest BCUT2D eigenvalue weighted by atomic mass is 16.1. The number of nitrogens with zero attached hydrogens (tertiary/aromatic N) is 1.